The second-order valence-electron chi connectivity index (χ2n) is 12.1. The molecule has 1 unspecified atom stereocenters. The first-order chi connectivity index (χ1) is 22.8. The van der Waals surface area contributed by atoms with Gasteiger partial charge in [0.1, 0.15) is 11.4 Å². The Labute approximate surface area is 279 Å². The number of thioether (sulfide) groups is 1. The maximum absolute atomic E-state index is 12.9. The van der Waals surface area contributed by atoms with E-state index < -0.39 is 4.92 Å². The number of nitrogens with zero attached hydrogens (tertiary/aromatic N) is 3. The topological polar surface area (TPSA) is 174 Å². The zero-order valence-electron chi connectivity index (χ0n) is 26.7. The van der Waals surface area contributed by atoms with E-state index >= 15 is 0 Å². The monoisotopic (exact) mass is 661 g/mol. The first kappa shape index (κ1) is 34.1. The molecule has 12 nitrogen and oxygen atoms in total. The Kier molecular flexibility index (Phi) is 12.0. The number of rotatable bonds is 15. The number of cyclic esters (lactones) is 1. The van der Waals surface area contributed by atoms with Crippen LogP contribution in [0.4, 0.5) is 17.5 Å². The maximum Gasteiger partial charge on any atom is 0.329 e. The van der Waals surface area contributed by atoms with E-state index in [1.54, 1.807) is 17.8 Å². The fraction of sp³-hybridized carbons (Fsp3) is 0.471. The van der Waals surface area contributed by atoms with Gasteiger partial charge in [-0.25, -0.2) is 4.98 Å². The number of ether oxygens (including phenoxy) is 1. The number of anilines is 2. The van der Waals surface area contributed by atoms with Crippen molar-refractivity contribution in [2.24, 2.45) is 17.6 Å². The number of carbonyl (C=O) groups excluding carboxylic acids is 2. The van der Waals surface area contributed by atoms with Crippen molar-refractivity contribution in [3.8, 4) is 11.1 Å². The van der Waals surface area contributed by atoms with Gasteiger partial charge in [-0.1, -0.05) is 30.3 Å². The highest BCUT2D eigenvalue weighted by atomic mass is 32.2. The third-order valence-corrected chi connectivity index (χ3v) is 10.3. The van der Waals surface area contributed by atoms with E-state index in [9.17, 15) is 19.7 Å². The molecule has 0 spiro atoms. The minimum absolute atomic E-state index is 0.0885. The van der Waals surface area contributed by atoms with Crippen LogP contribution in [0, 0.1) is 28.9 Å². The lowest BCUT2D eigenvalue weighted by molar-refractivity contribution is -0.384. The molecule has 1 aliphatic heterocycles. The summed E-state index contributed by atoms with van der Waals surface area (Å²) in [5, 5.41) is 21.0. The van der Waals surface area contributed by atoms with E-state index in [0.717, 1.165) is 66.5 Å². The van der Waals surface area contributed by atoms with E-state index in [4.69, 9.17) is 10.5 Å². The predicted molar refractivity (Wildman–Crippen MR) is 184 cm³/mol. The van der Waals surface area contributed by atoms with Crippen LogP contribution in [0.3, 0.4) is 0 Å². The number of nitrogens with two attached hydrogens (primary N) is 1. The van der Waals surface area contributed by atoms with Crippen LogP contribution in [0.2, 0.25) is 0 Å². The highest BCUT2D eigenvalue weighted by molar-refractivity contribution is 8.00. The number of esters is 1. The molecule has 1 aromatic heterocycles. The maximum atomic E-state index is 12.9. The van der Waals surface area contributed by atoms with E-state index in [1.165, 1.54) is 6.20 Å². The van der Waals surface area contributed by atoms with Crippen molar-refractivity contribution in [3.05, 3.63) is 75.5 Å². The number of benzene rings is 2. The van der Waals surface area contributed by atoms with Crippen molar-refractivity contribution in [1.82, 2.24) is 15.3 Å². The summed E-state index contributed by atoms with van der Waals surface area (Å²) in [4.78, 5) is 44.4. The second-order valence-corrected chi connectivity index (χ2v) is 13.4. The molecule has 1 amide bonds. The third kappa shape index (κ3) is 9.19. The van der Waals surface area contributed by atoms with Crippen molar-refractivity contribution < 1.29 is 19.2 Å². The van der Waals surface area contributed by atoms with Crippen LogP contribution in [0.5, 0.6) is 0 Å². The average molecular weight is 662 g/mol. The van der Waals surface area contributed by atoms with E-state index in [0.29, 0.717) is 56.1 Å². The first-order valence-corrected chi connectivity index (χ1v) is 17.3. The molecule has 1 saturated carbocycles. The van der Waals surface area contributed by atoms with Gasteiger partial charge in [0.15, 0.2) is 0 Å². The summed E-state index contributed by atoms with van der Waals surface area (Å²) in [5.41, 5.74) is 10.2. The number of nitro groups is 1. The molecule has 3 aromatic rings. The second kappa shape index (κ2) is 16.6. The minimum atomic E-state index is -0.463. The van der Waals surface area contributed by atoms with Crippen molar-refractivity contribution >= 4 is 41.1 Å². The Balaban J connectivity index is 1.18. The molecule has 2 aromatic carbocycles. The first-order valence-electron chi connectivity index (χ1n) is 16.3. The van der Waals surface area contributed by atoms with Crippen molar-refractivity contribution in [2.75, 3.05) is 42.6 Å². The van der Waals surface area contributed by atoms with Crippen LogP contribution in [0.15, 0.2) is 48.7 Å². The van der Waals surface area contributed by atoms with Crippen LogP contribution >= 0.6 is 11.8 Å². The van der Waals surface area contributed by atoms with Gasteiger partial charge in [-0.2, -0.15) is 4.98 Å². The summed E-state index contributed by atoms with van der Waals surface area (Å²) in [5.74, 6) is 2.00. The summed E-state index contributed by atoms with van der Waals surface area (Å²) in [6.45, 7) is 4.78. The van der Waals surface area contributed by atoms with Gasteiger partial charge >= 0.3 is 11.7 Å². The van der Waals surface area contributed by atoms with Gasteiger partial charge in [0.05, 0.1) is 11.5 Å². The molecule has 1 atom stereocenters. The van der Waals surface area contributed by atoms with Gasteiger partial charge in [-0.3, -0.25) is 19.7 Å². The van der Waals surface area contributed by atoms with Crippen molar-refractivity contribution in [2.45, 2.75) is 57.2 Å². The molecule has 13 heteroatoms. The van der Waals surface area contributed by atoms with Crippen LogP contribution in [-0.4, -0.2) is 64.0 Å². The molecule has 5 rings (SSSR count). The fourth-order valence-electron chi connectivity index (χ4n) is 6.06. The van der Waals surface area contributed by atoms with Crippen molar-refractivity contribution in [1.29, 1.82) is 0 Å². The number of hydrogen-bond acceptors (Lipinski definition) is 11. The smallest absolute Gasteiger partial charge is 0.329 e. The molecule has 47 heavy (non-hydrogen) atoms. The Morgan fingerprint density at radius 3 is 2.64 bits per heavy atom. The van der Waals surface area contributed by atoms with Gasteiger partial charge in [-0.15, -0.1) is 11.8 Å². The molecule has 0 radical (unpaired) electrons. The number of carbonyl (C=O) groups is 2. The van der Waals surface area contributed by atoms with Gasteiger partial charge in [0.25, 0.3) is 5.91 Å². The summed E-state index contributed by atoms with van der Waals surface area (Å²) in [7, 11) is 0. The standard InChI is InChI=1S/C34H43N7O5S/c1-22-27(20-38-34-39-21-29(41(44)45)31(40-34)37-19-24-11-9-23(18-35)10-12-24)7-3-8-28(22)25-5-2-6-26(17-25)32(42)36-14-4-16-47-30-13-15-46-33(30)43/h2-3,5-8,17,21,23-24,30H,4,9-16,18-20,35H2,1H3,(H,36,42)(H2,37,38,39,40). The van der Waals surface area contributed by atoms with Crippen molar-refractivity contribution in [3.63, 3.8) is 0 Å². The SMILES string of the molecule is Cc1c(CNc2ncc([N+](=O)[O-])c(NCC3CCC(CN)CC3)n2)cccc1-c1cccc(C(=O)NCCCSC2CCOC2=O)c1. The Morgan fingerprint density at radius 1 is 1.11 bits per heavy atom. The quantitative estimate of drug-likeness (QED) is 0.0718. The summed E-state index contributed by atoms with van der Waals surface area (Å²) in [6.07, 6.45) is 7.01. The van der Waals surface area contributed by atoms with Gasteiger partial charge in [-0.05, 0) is 97.5 Å². The van der Waals surface area contributed by atoms with E-state index in [2.05, 4.69) is 25.9 Å². The lowest BCUT2D eigenvalue weighted by Gasteiger charge is -2.27. The largest absolute Gasteiger partial charge is 0.465 e. The summed E-state index contributed by atoms with van der Waals surface area (Å²) >= 11 is 1.58. The molecule has 0 bridgehead atoms. The Bertz CT molecular complexity index is 1560. The average Bonchev–Trinajstić information content (AvgIpc) is 3.50. The molecule has 1 aliphatic carbocycles. The Morgan fingerprint density at radius 2 is 1.89 bits per heavy atom. The highest BCUT2D eigenvalue weighted by Crippen LogP contribution is 2.30. The van der Waals surface area contributed by atoms with Gasteiger partial charge in [0, 0.05) is 31.6 Å². The molecule has 250 valence electrons. The molecule has 5 N–H and O–H groups in total. The van der Waals surface area contributed by atoms with E-state index in [1.807, 2.05) is 43.3 Å². The number of hydrogen-bond donors (Lipinski definition) is 4. The molecular formula is C34H43N7O5S. The summed E-state index contributed by atoms with van der Waals surface area (Å²) < 4.78 is 5.00. The Hall–Kier alpha value is -4.23. The predicted octanol–water partition coefficient (Wildman–Crippen LogP) is 5.32. The number of amides is 1. The van der Waals surface area contributed by atoms with E-state index in [-0.39, 0.29) is 28.6 Å². The van der Waals surface area contributed by atoms with Crippen LogP contribution in [0.25, 0.3) is 11.1 Å². The van der Waals surface area contributed by atoms with Gasteiger partial charge < -0.3 is 26.4 Å². The molecule has 2 fully saturated rings. The lowest BCUT2D eigenvalue weighted by Crippen LogP contribution is -2.25. The zero-order valence-corrected chi connectivity index (χ0v) is 27.5. The number of aromatic nitrogens is 2. The lowest BCUT2D eigenvalue weighted by atomic mass is 9.82. The molecule has 2 heterocycles. The fourth-order valence-corrected chi connectivity index (χ4v) is 7.12. The highest BCUT2D eigenvalue weighted by Gasteiger charge is 2.26. The molecule has 2 aliphatic rings. The third-order valence-electron chi connectivity index (χ3n) is 8.96. The normalized spacial score (nSPS) is 19.2. The van der Waals surface area contributed by atoms with Crippen LogP contribution in [-0.2, 0) is 16.1 Å². The molecule has 1 saturated heterocycles. The zero-order chi connectivity index (χ0) is 33.2. The van der Waals surface area contributed by atoms with Crippen LogP contribution < -0.4 is 21.7 Å². The summed E-state index contributed by atoms with van der Waals surface area (Å²) in [6, 6.07) is 13.5. The molecular weight excluding hydrogens is 618 g/mol. The minimum Gasteiger partial charge on any atom is -0.465 e. The van der Waals surface area contributed by atoms with Gasteiger partial charge in [0.2, 0.25) is 11.8 Å². The van der Waals surface area contributed by atoms with Crippen LogP contribution in [0.1, 0.15) is 60.0 Å². The number of nitrogens with one attached hydrogen (secondary N) is 3.